The minimum atomic E-state index is 0.525. The molecule has 1 saturated heterocycles. The van der Waals surface area contributed by atoms with Gasteiger partial charge in [0.25, 0.3) is 0 Å². The lowest BCUT2D eigenvalue weighted by atomic mass is 10.0. The van der Waals surface area contributed by atoms with Crippen LogP contribution in [-0.2, 0) is 6.42 Å². The molecule has 112 valence electrons. The Balaban J connectivity index is 1.86. The van der Waals surface area contributed by atoms with Gasteiger partial charge in [-0.05, 0) is 31.9 Å². The molecule has 1 aromatic carbocycles. The first-order chi connectivity index (χ1) is 9.74. The molecule has 0 bridgehead atoms. The highest BCUT2D eigenvalue weighted by atomic mass is 15.3. The molecule has 3 nitrogen and oxygen atoms in total. The van der Waals surface area contributed by atoms with E-state index in [-0.39, 0.29) is 0 Å². The molecule has 0 spiro atoms. The van der Waals surface area contributed by atoms with Gasteiger partial charge in [-0.25, -0.2) is 0 Å². The van der Waals surface area contributed by atoms with E-state index < -0.39 is 0 Å². The molecule has 2 N–H and O–H groups in total. The van der Waals surface area contributed by atoms with Gasteiger partial charge < -0.3 is 5.73 Å². The van der Waals surface area contributed by atoms with Crippen LogP contribution in [0.2, 0.25) is 0 Å². The number of likely N-dealkylation sites (N-methyl/N-ethyl adjacent to an activating group) is 1. The Morgan fingerprint density at radius 2 is 2.00 bits per heavy atom. The molecular formula is C17H29N3. The van der Waals surface area contributed by atoms with Gasteiger partial charge in [0, 0.05) is 38.3 Å². The molecule has 1 aliphatic heterocycles. The normalized spacial score (nSPS) is 22.9. The lowest BCUT2D eigenvalue weighted by molar-refractivity contribution is 0.0584. The summed E-state index contributed by atoms with van der Waals surface area (Å²) in [6.45, 7) is 10.0. The van der Waals surface area contributed by atoms with Crippen molar-refractivity contribution in [2.24, 2.45) is 5.73 Å². The summed E-state index contributed by atoms with van der Waals surface area (Å²) in [6, 6.07) is 11.9. The largest absolute Gasteiger partial charge is 0.329 e. The summed E-state index contributed by atoms with van der Waals surface area (Å²) in [5.74, 6) is 0. The summed E-state index contributed by atoms with van der Waals surface area (Å²) in [4.78, 5) is 5.15. The Morgan fingerprint density at radius 1 is 1.25 bits per heavy atom. The van der Waals surface area contributed by atoms with Crippen LogP contribution in [0.3, 0.4) is 0 Å². The van der Waals surface area contributed by atoms with Gasteiger partial charge in [-0.15, -0.1) is 0 Å². The van der Waals surface area contributed by atoms with Crippen molar-refractivity contribution < 1.29 is 0 Å². The summed E-state index contributed by atoms with van der Waals surface area (Å²) in [6.07, 6.45) is 2.30. The van der Waals surface area contributed by atoms with Crippen LogP contribution in [-0.4, -0.2) is 54.6 Å². The maximum absolute atomic E-state index is 6.03. The molecule has 2 atom stereocenters. The Labute approximate surface area is 123 Å². The Kier molecular flexibility index (Phi) is 6.02. The van der Waals surface area contributed by atoms with Gasteiger partial charge in [-0.3, -0.25) is 9.80 Å². The first-order valence-corrected chi connectivity index (χ1v) is 7.96. The van der Waals surface area contributed by atoms with Gasteiger partial charge in [0.05, 0.1) is 0 Å². The van der Waals surface area contributed by atoms with Gasteiger partial charge in [0.1, 0.15) is 0 Å². The van der Waals surface area contributed by atoms with Crippen molar-refractivity contribution in [2.75, 3.05) is 32.7 Å². The zero-order valence-electron chi connectivity index (χ0n) is 13.0. The maximum Gasteiger partial charge on any atom is 0.0222 e. The minimum absolute atomic E-state index is 0.525. The maximum atomic E-state index is 6.03. The second-order valence-corrected chi connectivity index (χ2v) is 5.89. The van der Waals surface area contributed by atoms with Crippen molar-refractivity contribution in [3.63, 3.8) is 0 Å². The highest BCUT2D eigenvalue weighted by Crippen LogP contribution is 2.15. The van der Waals surface area contributed by atoms with Crippen LogP contribution in [0.15, 0.2) is 30.3 Å². The zero-order chi connectivity index (χ0) is 14.4. The average Bonchev–Trinajstić information content (AvgIpc) is 2.49. The molecule has 2 rings (SSSR count). The van der Waals surface area contributed by atoms with E-state index in [2.05, 4.69) is 54.0 Å². The van der Waals surface area contributed by atoms with Crippen LogP contribution in [0, 0.1) is 0 Å². The highest BCUT2D eigenvalue weighted by molar-refractivity contribution is 5.14. The quantitative estimate of drug-likeness (QED) is 0.861. The van der Waals surface area contributed by atoms with Crippen LogP contribution in [0.25, 0.3) is 0 Å². The molecule has 1 aliphatic rings. The second-order valence-electron chi connectivity index (χ2n) is 5.89. The van der Waals surface area contributed by atoms with Gasteiger partial charge in [-0.2, -0.15) is 0 Å². The molecule has 0 aromatic heterocycles. The van der Waals surface area contributed by atoms with Crippen LogP contribution >= 0.6 is 0 Å². The number of aryl methyl sites for hydroxylation is 1. The first kappa shape index (κ1) is 15.5. The average molecular weight is 275 g/mol. The number of piperazine rings is 1. The third-order valence-corrected chi connectivity index (χ3v) is 4.60. The number of benzene rings is 1. The SMILES string of the molecule is CCN1CCN(C(CN)CCc2ccccc2)CC1C. The summed E-state index contributed by atoms with van der Waals surface area (Å²) in [7, 11) is 0. The van der Waals surface area contributed by atoms with Crippen molar-refractivity contribution in [3.8, 4) is 0 Å². The molecule has 20 heavy (non-hydrogen) atoms. The van der Waals surface area contributed by atoms with E-state index in [1.165, 1.54) is 18.5 Å². The molecule has 0 aliphatic carbocycles. The number of hydrogen-bond donors (Lipinski definition) is 1. The number of hydrogen-bond acceptors (Lipinski definition) is 3. The first-order valence-electron chi connectivity index (χ1n) is 7.96. The van der Waals surface area contributed by atoms with Crippen molar-refractivity contribution in [1.82, 2.24) is 9.80 Å². The van der Waals surface area contributed by atoms with E-state index in [0.29, 0.717) is 12.1 Å². The summed E-state index contributed by atoms with van der Waals surface area (Å²) in [5, 5.41) is 0. The van der Waals surface area contributed by atoms with Gasteiger partial charge >= 0.3 is 0 Å². The summed E-state index contributed by atoms with van der Waals surface area (Å²) < 4.78 is 0. The standard InChI is InChI=1S/C17H29N3/c1-3-19-11-12-20(14-15(19)2)17(13-18)10-9-16-7-5-4-6-8-16/h4-8,15,17H,3,9-14,18H2,1-2H3. The highest BCUT2D eigenvalue weighted by Gasteiger charge is 2.26. The van der Waals surface area contributed by atoms with E-state index in [4.69, 9.17) is 5.73 Å². The van der Waals surface area contributed by atoms with E-state index in [0.717, 1.165) is 32.6 Å². The van der Waals surface area contributed by atoms with E-state index in [1.807, 2.05) is 0 Å². The van der Waals surface area contributed by atoms with E-state index >= 15 is 0 Å². The molecule has 3 heteroatoms. The molecule has 1 aromatic rings. The predicted octanol–water partition coefficient (Wildman–Crippen LogP) is 1.97. The van der Waals surface area contributed by atoms with Crippen LogP contribution in [0.5, 0.6) is 0 Å². The molecule has 0 saturated carbocycles. The topological polar surface area (TPSA) is 32.5 Å². The number of nitrogens with zero attached hydrogens (tertiary/aromatic N) is 2. The van der Waals surface area contributed by atoms with Gasteiger partial charge in [0.2, 0.25) is 0 Å². The van der Waals surface area contributed by atoms with Gasteiger partial charge in [0.15, 0.2) is 0 Å². The van der Waals surface area contributed by atoms with Crippen molar-refractivity contribution >= 4 is 0 Å². The summed E-state index contributed by atoms with van der Waals surface area (Å²) >= 11 is 0. The molecule has 1 heterocycles. The smallest absolute Gasteiger partial charge is 0.0222 e. The predicted molar refractivity (Wildman–Crippen MR) is 85.9 cm³/mol. The molecule has 0 radical (unpaired) electrons. The summed E-state index contributed by atoms with van der Waals surface area (Å²) in [5.41, 5.74) is 7.45. The van der Waals surface area contributed by atoms with E-state index in [9.17, 15) is 0 Å². The molecule has 2 unspecified atom stereocenters. The lowest BCUT2D eigenvalue weighted by Crippen LogP contribution is -2.56. The third kappa shape index (κ3) is 4.05. The van der Waals surface area contributed by atoms with Gasteiger partial charge in [-0.1, -0.05) is 37.3 Å². The van der Waals surface area contributed by atoms with Crippen LogP contribution < -0.4 is 5.73 Å². The molecule has 1 fully saturated rings. The minimum Gasteiger partial charge on any atom is -0.329 e. The van der Waals surface area contributed by atoms with Crippen molar-refractivity contribution in [1.29, 1.82) is 0 Å². The molecule has 0 amide bonds. The van der Waals surface area contributed by atoms with Crippen molar-refractivity contribution in [3.05, 3.63) is 35.9 Å². The zero-order valence-corrected chi connectivity index (χ0v) is 13.0. The van der Waals surface area contributed by atoms with E-state index in [1.54, 1.807) is 0 Å². The fourth-order valence-electron chi connectivity index (χ4n) is 3.25. The Hall–Kier alpha value is -0.900. The van der Waals surface area contributed by atoms with Crippen molar-refractivity contribution in [2.45, 2.75) is 38.8 Å². The Bertz CT molecular complexity index is 379. The molecular weight excluding hydrogens is 246 g/mol. The lowest BCUT2D eigenvalue weighted by Gasteiger charge is -2.42. The number of nitrogens with two attached hydrogens (primary N) is 1. The van der Waals surface area contributed by atoms with Crippen LogP contribution in [0.4, 0.5) is 0 Å². The fraction of sp³-hybridized carbons (Fsp3) is 0.647. The second kappa shape index (κ2) is 7.77. The van der Waals surface area contributed by atoms with Crippen LogP contribution in [0.1, 0.15) is 25.8 Å². The third-order valence-electron chi connectivity index (χ3n) is 4.60. The monoisotopic (exact) mass is 275 g/mol. The number of rotatable bonds is 6. The Morgan fingerprint density at radius 3 is 2.60 bits per heavy atom. The fourth-order valence-corrected chi connectivity index (χ4v) is 3.25.